The number of hydrogen-bond acceptors (Lipinski definition) is 5. The summed E-state index contributed by atoms with van der Waals surface area (Å²) >= 11 is 12.1. The van der Waals surface area contributed by atoms with Crippen LogP contribution in [0.2, 0.25) is 10.0 Å². The van der Waals surface area contributed by atoms with Gasteiger partial charge in [0.05, 0.1) is 33.5 Å². The molecule has 0 aliphatic rings. The van der Waals surface area contributed by atoms with Crippen LogP contribution in [-0.4, -0.2) is 20.9 Å². The van der Waals surface area contributed by atoms with Gasteiger partial charge < -0.3 is 10.6 Å². The van der Waals surface area contributed by atoms with Gasteiger partial charge in [0, 0.05) is 18.6 Å². The van der Waals surface area contributed by atoms with Gasteiger partial charge in [-0.3, -0.25) is 9.78 Å². The smallest absolute Gasteiger partial charge is 0.254 e. The number of pyridine rings is 1. The van der Waals surface area contributed by atoms with Crippen LogP contribution in [0.1, 0.15) is 16.1 Å². The summed E-state index contributed by atoms with van der Waals surface area (Å²) < 4.78 is 0. The van der Waals surface area contributed by atoms with Gasteiger partial charge in [-0.15, -0.1) is 0 Å². The molecule has 0 aliphatic heterocycles. The normalized spacial score (nSPS) is 10.3. The van der Waals surface area contributed by atoms with Gasteiger partial charge in [0.25, 0.3) is 5.91 Å². The molecular formula is C17H13Cl2N5O. The maximum atomic E-state index is 12.1. The molecule has 0 saturated heterocycles. The molecular weight excluding hydrogens is 361 g/mol. The highest BCUT2D eigenvalue weighted by Crippen LogP contribution is 2.30. The summed E-state index contributed by atoms with van der Waals surface area (Å²) in [6.07, 6.45) is 4.54. The first-order chi connectivity index (χ1) is 12.1. The number of nitrogens with zero attached hydrogens (tertiary/aromatic N) is 3. The number of rotatable bonds is 5. The standard InChI is InChI=1S/C17H13Cl2N5O/c18-13-5-3-6-14(15(13)19)24-17-22-8-11(9-23-17)16(25)21-10-12-4-1-2-7-20-12/h1-9H,10H2,(H,21,25)(H,22,23,24). The van der Waals surface area contributed by atoms with Crippen LogP contribution in [0.15, 0.2) is 55.0 Å². The Bertz CT molecular complexity index is 872. The van der Waals surface area contributed by atoms with Gasteiger partial charge in [0.2, 0.25) is 5.95 Å². The molecule has 0 fully saturated rings. The minimum atomic E-state index is -0.280. The average Bonchev–Trinajstić information content (AvgIpc) is 2.65. The van der Waals surface area contributed by atoms with Crippen molar-refractivity contribution in [3.63, 3.8) is 0 Å². The fraction of sp³-hybridized carbons (Fsp3) is 0.0588. The number of anilines is 2. The molecule has 0 saturated carbocycles. The van der Waals surface area contributed by atoms with Crippen molar-refractivity contribution < 1.29 is 4.79 Å². The van der Waals surface area contributed by atoms with Crippen LogP contribution in [0.5, 0.6) is 0 Å². The van der Waals surface area contributed by atoms with Gasteiger partial charge in [-0.1, -0.05) is 35.3 Å². The summed E-state index contributed by atoms with van der Waals surface area (Å²) in [5, 5.41) is 6.52. The molecule has 2 N–H and O–H groups in total. The summed E-state index contributed by atoms with van der Waals surface area (Å²) in [7, 11) is 0. The van der Waals surface area contributed by atoms with Gasteiger partial charge in [-0.05, 0) is 24.3 Å². The third-order valence-corrected chi connectivity index (χ3v) is 4.09. The Morgan fingerprint density at radius 3 is 2.52 bits per heavy atom. The Balaban J connectivity index is 1.63. The Labute approximate surface area is 154 Å². The predicted octanol–water partition coefficient (Wildman–Crippen LogP) is 3.85. The number of carbonyl (C=O) groups is 1. The van der Waals surface area contributed by atoms with Crippen LogP contribution < -0.4 is 10.6 Å². The zero-order valence-corrected chi connectivity index (χ0v) is 14.4. The van der Waals surface area contributed by atoms with E-state index in [-0.39, 0.29) is 5.91 Å². The monoisotopic (exact) mass is 373 g/mol. The lowest BCUT2D eigenvalue weighted by Gasteiger charge is -2.08. The van der Waals surface area contributed by atoms with Crippen LogP contribution in [0.4, 0.5) is 11.6 Å². The summed E-state index contributed by atoms with van der Waals surface area (Å²) in [5.41, 5.74) is 1.70. The van der Waals surface area contributed by atoms with E-state index >= 15 is 0 Å². The first-order valence-electron chi connectivity index (χ1n) is 7.34. The van der Waals surface area contributed by atoms with Crippen molar-refractivity contribution in [3.05, 3.63) is 76.3 Å². The average molecular weight is 374 g/mol. The van der Waals surface area contributed by atoms with Crippen molar-refractivity contribution in [2.45, 2.75) is 6.54 Å². The maximum Gasteiger partial charge on any atom is 0.254 e. The molecule has 0 unspecified atom stereocenters. The highest BCUT2D eigenvalue weighted by Gasteiger charge is 2.09. The van der Waals surface area contributed by atoms with Crippen LogP contribution in [0.3, 0.4) is 0 Å². The second-order valence-electron chi connectivity index (χ2n) is 5.03. The second-order valence-corrected chi connectivity index (χ2v) is 5.81. The van der Waals surface area contributed by atoms with E-state index in [1.54, 1.807) is 24.4 Å². The summed E-state index contributed by atoms with van der Waals surface area (Å²) in [5.74, 6) is 0.0310. The minimum absolute atomic E-state index is 0.280. The lowest BCUT2D eigenvalue weighted by atomic mass is 10.3. The molecule has 1 amide bonds. The third kappa shape index (κ3) is 4.43. The van der Waals surface area contributed by atoms with E-state index in [1.165, 1.54) is 12.4 Å². The number of aromatic nitrogens is 3. The molecule has 0 atom stereocenters. The molecule has 3 aromatic rings. The van der Waals surface area contributed by atoms with Gasteiger partial charge in [0.1, 0.15) is 0 Å². The Kier molecular flexibility index (Phi) is 5.42. The predicted molar refractivity (Wildman–Crippen MR) is 97.2 cm³/mol. The molecule has 2 heterocycles. The highest BCUT2D eigenvalue weighted by molar-refractivity contribution is 6.43. The van der Waals surface area contributed by atoms with Crippen LogP contribution in [0.25, 0.3) is 0 Å². The molecule has 126 valence electrons. The first-order valence-corrected chi connectivity index (χ1v) is 8.10. The fourth-order valence-electron chi connectivity index (χ4n) is 2.01. The Morgan fingerprint density at radius 2 is 1.80 bits per heavy atom. The Hall–Kier alpha value is -2.70. The quantitative estimate of drug-likeness (QED) is 0.709. The first kappa shape index (κ1) is 17.1. The lowest BCUT2D eigenvalue weighted by molar-refractivity contribution is 0.0949. The van der Waals surface area contributed by atoms with Crippen molar-refractivity contribution >= 4 is 40.7 Å². The van der Waals surface area contributed by atoms with E-state index in [9.17, 15) is 4.79 Å². The molecule has 3 rings (SSSR count). The number of halogens is 2. The van der Waals surface area contributed by atoms with E-state index < -0.39 is 0 Å². The highest BCUT2D eigenvalue weighted by atomic mass is 35.5. The zero-order chi connectivity index (χ0) is 17.6. The van der Waals surface area contributed by atoms with Crippen LogP contribution >= 0.6 is 23.2 Å². The maximum absolute atomic E-state index is 12.1. The molecule has 0 aliphatic carbocycles. The Morgan fingerprint density at radius 1 is 1.00 bits per heavy atom. The number of benzene rings is 1. The number of carbonyl (C=O) groups excluding carboxylic acids is 1. The van der Waals surface area contributed by atoms with Crippen molar-refractivity contribution in [2.75, 3.05) is 5.32 Å². The van der Waals surface area contributed by atoms with Crippen molar-refractivity contribution in [2.24, 2.45) is 0 Å². The molecule has 8 heteroatoms. The van der Waals surface area contributed by atoms with E-state index in [2.05, 4.69) is 25.6 Å². The molecule has 1 aromatic carbocycles. The van der Waals surface area contributed by atoms with E-state index in [0.29, 0.717) is 33.8 Å². The van der Waals surface area contributed by atoms with Crippen molar-refractivity contribution in [3.8, 4) is 0 Å². The minimum Gasteiger partial charge on any atom is -0.346 e. The molecule has 0 bridgehead atoms. The van der Waals surface area contributed by atoms with Crippen LogP contribution in [0, 0.1) is 0 Å². The number of nitrogens with one attached hydrogen (secondary N) is 2. The van der Waals surface area contributed by atoms with Crippen molar-refractivity contribution in [1.29, 1.82) is 0 Å². The number of amides is 1. The summed E-state index contributed by atoms with van der Waals surface area (Å²) in [6.45, 7) is 0.331. The topological polar surface area (TPSA) is 79.8 Å². The molecule has 25 heavy (non-hydrogen) atoms. The third-order valence-electron chi connectivity index (χ3n) is 3.27. The molecule has 6 nitrogen and oxygen atoms in total. The molecule has 2 aromatic heterocycles. The van der Waals surface area contributed by atoms with Crippen LogP contribution in [-0.2, 0) is 6.54 Å². The molecule has 0 radical (unpaired) electrons. The lowest BCUT2D eigenvalue weighted by Crippen LogP contribution is -2.23. The van der Waals surface area contributed by atoms with Gasteiger partial charge in [0.15, 0.2) is 0 Å². The SMILES string of the molecule is O=C(NCc1ccccn1)c1cnc(Nc2cccc(Cl)c2Cl)nc1. The largest absolute Gasteiger partial charge is 0.346 e. The molecule has 0 spiro atoms. The van der Waals surface area contributed by atoms with E-state index in [4.69, 9.17) is 23.2 Å². The second kappa shape index (κ2) is 7.92. The zero-order valence-electron chi connectivity index (χ0n) is 12.9. The van der Waals surface area contributed by atoms with Gasteiger partial charge >= 0.3 is 0 Å². The number of hydrogen-bond donors (Lipinski definition) is 2. The van der Waals surface area contributed by atoms with Crippen molar-refractivity contribution in [1.82, 2.24) is 20.3 Å². The van der Waals surface area contributed by atoms with Gasteiger partial charge in [-0.25, -0.2) is 9.97 Å². The van der Waals surface area contributed by atoms with Gasteiger partial charge in [-0.2, -0.15) is 0 Å². The summed E-state index contributed by atoms with van der Waals surface area (Å²) in [6, 6.07) is 10.7. The van der Waals surface area contributed by atoms with E-state index in [1.807, 2.05) is 18.2 Å². The van der Waals surface area contributed by atoms with E-state index in [0.717, 1.165) is 5.69 Å². The fourth-order valence-corrected chi connectivity index (χ4v) is 2.35. The summed E-state index contributed by atoms with van der Waals surface area (Å²) in [4.78, 5) is 24.5.